The topological polar surface area (TPSA) is 41.1 Å². The van der Waals surface area contributed by atoms with E-state index in [0.717, 1.165) is 15.7 Å². The summed E-state index contributed by atoms with van der Waals surface area (Å²) in [7, 11) is 0. The van der Waals surface area contributed by atoms with E-state index in [1.807, 2.05) is 54.6 Å². The predicted molar refractivity (Wildman–Crippen MR) is 100 cm³/mol. The van der Waals surface area contributed by atoms with Crippen LogP contribution >= 0.6 is 50.7 Å². The molecule has 0 aromatic heterocycles. The molecule has 0 saturated heterocycles. The first-order chi connectivity index (χ1) is 10.8. The number of hydrogen-bond donors (Lipinski definition) is 2. The summed E-state index contributed by atoms with van der Waals surface area (Å²) in [6, 6.07) is 16.7. The highest BCUT2D eigenvalue weighted by Crippen LogP contribution is 2.31. The van der Waals surface area contributed by atoms with Gasteiger partial charge in [-0.05, 0) is 29.8 Å². The molecule has 0 aliphatic heterocycles. The van der Waals surface area contributed by atoms with Gasteiger partial charge in [0.25, 0.3) is 0 Å². The van der Waals surface area contributed by atoms with Crippen LogP contribution in [0, 0.1) is 0 Å². The van der Waals surface area contributed by atoms with Crippen LogP contribution in [0.5, 0.6) is 0 Å². The standard InChI is InChI=1S/C16H14BrCl3N2O/c17-12-6-8-13(9-7-12)21-15(16(18,19)20)22-14(23)10-11-4-2-1-3-5-11/h1-9,15,21H,10H2,(H,22,23). The molecule has 23 heavy (non-hydrogen) atoms. The SMILES string of the molecule is O=C(Cc1ccccc1)NC(Nc1ccc(Br)cc1)C(Cl)(Cl)Cl. The Balaban J connectivity index is 2.04. The quantitative estimate of drug-likeness (QED) is 0.516. The minimum Gasteiger partial charge on any atom is -0.362 e. The number of anilines is 1. The van der Waals surface area contributed by atoms with E-state index < -0.39 is 9.96 Å². The third-order valence-corrected chi connectivity index (χ3v) is 4.18. The van der Waals surface area contributed by atoms with E-state index in [-0.39, 0.29) is 12.3 Å². The largest absolute Gasteiger partial charge is 0.362 e. The van der Waals surface area contributed by atoms with Gasteiger partial charge in [0.15, 0.2) is 0 Å². The minimum atomic E-state index is -1.70. The maximum atomic E-state index is 12.2. The number of amides is 1. The van der Waals surface area contributed by atoms with Crippen molar-refractivity contribution in [3.8, 4) is 0 Å². The molecule has 1 amide bonds. The van der Waals surface area contributed by atoms with Crippen molar-refractivity contribution in [2.45, 2.75) is 16.4 Å². The van der Waals surface area contributed by atoms with Crippen LogP contribution in [0.4, 0.5) is 5.69 Å². The highest BCUT2D eigenvalue weighted by atomic mass is 79.9. The zero-order chi connectivity index (χ0) is 16.9. The lowest BCUT2D eigenvalue weighted by molar-refractivity contribution is -0.120. The normalized spacial score (nSPS) is 12.5. The van der Waals surface area contributed by atoms with Gasteiger partial charge in [-0.1, -0.05) is 81.1 Å². The van der Waals surface area contributed by atoms with Crippen LogP contribution in [-0.4, -0.2) is 15.9 Å². The fourth-order valence-electron chi connectivity index (χ4n) is 1.91. The summed E-state index contributed by atoms with van der Waals surface area (Å²) in [4.78, 5) is 12.2. The van der Waals surface area contributed by atoms with Crippen LogP contribution in [0.3, 0.4) is 0 Å². The Morgan fingerprint density at radius 3 is 2.22 bits per heavy atom. The lowest BCUT2D eigenvalue weighted by atomic mass is 10.1. The van der Waals surface area contributed by atoms with Crippen LogP contribution in [0.2, 0.25) is 0 Å². The van der Waals surface area contributed by atoms with Crippen LogP contribution < -0.4 is 10.6 Å². The van der Waals surface area contributed by atoms with E-state index in [1.165, 1.54) is 0 Å². The van der Waals surface area contributed by atoms with Gasteiger partial charge in [0, 0.05) is 10.2 Å². The van der Waals surface area contributed by atoms with Gasteiger partial charge in [0.1, 0.15) is 6.17 Å². The van der Waals surface area contributed by atoms with Gasteiger partial charge in [-0.3, -0.25) is 4.79 Å². The van der Waals surface area contributed by atoms with Crippen LogP contribution in [0.15, 0.2) is 59.1 Å². The second-order valence-electron chi connectivity index (χ2n) is 4.86. The number of alkyl halides is 3. The highest BCUT2D eigenvalue weighted by molar-refractivity contribution is 9.10. The molecule has 1 unspecified atom stereocenters. The lowest BCUT2D eigenvalue weighted by Gasteiger charge is -2.27. The molecule has 0 bridgehead atoms. The molecule has 2 rings (SSSR count). The summed E-state index contributed by atoms with van der Waals surface area (Å²) < 4.78 is -0.763. The van der Waals surface area contributed by atoms with E-state index in [1.54, 1.807) is 0 Å². The van der Waals surface area contributed by atoms with Crippen molar-refractivity contribution in [3.05, 3.63) is 64.6 Å². The summed E-state index contributed by atoms with van der Waals surface area (Å²) in [6.07, 6.45) is -0.648. The number of carbonyl (C=O) groups excluding carboxylic acids is 1. The zero-order valence-corrected chi connectivity index (χ0v) is 15.8. The highest BCUT2D eigenvalue weighted by Gasteiger charge is 2.34. The molecule has 0 spiro atoms. The number of benzene rings is 2. The molecule has 3 nitrogen and oxygen atoms in total. The van der Waals surface area contributed by atoms with Gasteiger partial charge >= 0.3 is 0 Å². The van der Waals surface area contributed by atoms with Crippen molar-refractivity contribution in [2.24, 2.45) is 0 Å². The summed E-state index contributed by atoms with van der Waals surface area (Å²) >= 11 is 21.3. The first-order valence-electron chi connectivity index (χ1n) is 6.77. The van der Waals surface area contributed by atoms with E-state index in [9.17, 15) is 4.79 Å². The Morgan fingerprint density at radius 1 is 1.04 bits per heavy atom. The molecule has 0 fully saturated rings. The average molecular weight is 437 g/mol. The molecule has 2 aromatic rings. The minimum absolute atomic E-state index is 0.208. The lowest BCUT2D eigenvalue weighted by Crippen LogP contribution is -2.49. The molecule has 2 N–H and O–H groups in total. The molecule has 122 valence electrons. The Hall–Kier alpha value is -0.940. The van der Waals surface area contributed by atoms with Crippen LogP contribution in [0.25, 0.3) is 0 Å². The predicted octanol–water partition coefficient (Wildman–Crippen LogP) is 4.92. The zero-order valence-electron chi connectivity index (χ0n) is 11.9. The Bertz CT molecular complexity index is 645. The summed E-state index contributed by atoms with van der Waals surface area (Å²) in [5.41, 5.74) is 1.61. The van der Waals surface area contributed by atoms with Crippen molar-refractivity contribution in [1.82, 2.24) is 5.32 Å². The average Bonchev–Trinajstić information content (AvgIpc) is 2.49. The molecule has 0 aliphatic rings. The van der Waals surface area contributed by atoms with Crippen molar-refractivity contribution in [2.75, 3.05) is 5.32 Å². The molecule has 0 saturated carbocycles. The second-order valence-corrected chi connectivity index (χ2v) is 8.14. The van der Waals surface area contributed by atoms with Crippen LogP contribution in [0.1, 0.15) is 5.56 Å². The number of halogens is 4. The number of hydrogen-bond acceptors (Lipinski definition) is 2. The second kappa shape index (κ2) is 8.25. The van der Waals surface area contributed by atoms with Gasteiger partial charge in [-0.15, -0.1) is 0 Å². The monoisotopic (exact) mass is 434 g/mol. The van der Waals surface area contributed by atoms with Gasteiger partial charge in [-0.25, -0.2) is 0 Å². The van der Waals surface area contributed by atoms with Crippen molar-refractivity contribution in [3.63, 3.8) is 0 Å². The first-order valence-corrected chi connectivity index (χ1v) is 8.69. The number of carbonyl (C=O) groups is 1. The maximum Gasteiger partial charge on any atom is 0.228 e. The molecule has 7 heteroatoms. The van der Waals surface area contributed by atoms with E-state index in [2.05, 4.69) is 26.6 Å². The number of nitrogens with one attached hydrogen (secondary N) is 2. The fraction of sp³-hybridized carbons (Fsp3) is 0.188. The van der Waals surface area contributed by atoms with E-state index in [0.29, 0.717) is 0 Å². The smallest absolute Gasteiger partial charge is 0.228 e. The summed E-state index contributed by atoms with van der Waals surface area (Å²) in [5, 5.41) is 5.73. The molecule has 0 heterocycles. The van der Waals surface area contributed by atoms with Crippen molar-refractivity contribution in [1.29, 1.82) is 0 Å². The molecule has 1 atom stereocenters. The van der Waals surface area contributed by atoms with Crippen molar-refractivity contribution < 1.29 is 4.79 Å². The van der Waals surface area contributed by atoms with Crippen molar-refractivity contribution >= 4 is 62.3 Å². The summed E-state index contributed by atoms with van der Waals surface area (Å²) in [6.45, 7) is 0. The Kier molecular flexibility index (Phi) is 6.60. The van der Waals surface area contributed by atoms with Gasteiger partial charge < -0.3 is 10.6 Å². The van der Waals surface area contributed by atoms with Gasteiger partial charge in [0.05, 0.1) is 6.42 Å². The third kappa shape index (κ3) is 6.22. The Labute approximate surface area is 158 Å². The number of rotatable bonds is 5. The molecule has 0 aliphatic carbocycles. The van der Waals surface area contributed by atoms with E-state index in [4.69, 9.17) is 34.8 Å². The molecular formula is C16H14BrCl3N2O. The van der Waals surface area contributed by atoms with Gasteiger partial charge in [-0.2, -0.15) is 0 Å². The molecule has 0 radical (unpaired) electrons. The fourth-order valence-corrected chi connectivity index (χ4v) is 2.50. The van der Waals surface area contributed by atoms with E-state index >= 15 is 0 Å². The first kappa shape index (κ1) is 18.4. The summed E-state index contributed by atoms with van der Waals surface area (Å²) in [5.74, 6) is -0.239. The maximum absolute atomic E-state index is 12.2. The Morgan fingerprint density at radius 2 is 1.65 bits per heavy atom. The molecular weight excluding hydrogens is 422 g/mol. The van der Waals surface area contributed by atoms with Gasteiger partial charge in [0.2, 0.25) is 9.70 Å². The van der Waals surface area contributed by atoms with Crippen LogP contribution in [-0.2, 0) is 11.2 Å². The molecule has 2 aromatic carbocycles. The third-order valence-electron chi connectivity index (χ3n) is 3.00.